The minimum atomic E-state index is -4.60. The van der Waals surface area contributed by atoms with Gasteiger partial charge in [0.05, 0.1) is 6.61 Å². The molecule has 28 heavy (non-hydrogen) atoms. The first-order valence-corrected chi connectivity index (χ1v) is 12.6. The minimum absolute atomic E-state index is 0. The van der Waals surface area contributed by atoms with Crippen molar-refractivity contribution in [2.45, 2.75) is 117 Å². The summed E-state index contributed by atoms with van der Waals surface area (Å²) in [5, 5.41) is 0. The smallest absolute Gasteiger partial charge is 0.726 e. The van der Waals surface area contributed by atoms with E-state index in [0.717, 1.165) is 25.7 Å². The molecule has 0 saturated carbocycles. The maximum absolute atomic E-state index is 10.7. The Labute approximate surface area is 218 Å². The first-order valence-electron chi connectivity index (χ1n) is 11.3. The Hall–Kier alpha value is 1.25. The van der Waals surface area contributed by atoms with Crippen molar-refractivity contribution in [2.24, 2.45) is 5.92 Å². The van der Waals surface area contributed by atoms with E-state index in [-0.39, 0.29) is 63.9 Å². The summed E-state index contributed by atoms with van der Waals surface area (Å²) in [6.45, 7) is 4.40. The van der Waals surface area contributed by atoms with Gasteiger partial charge in [0.2, 0.25) is 10.4 Å². The van der Waals surface area contributed by atoms with Crippen molar-refractivity contribution in [3.8, 4) is 0 Å². The summed E-state index contributed by atoms with van der Waals surface area (Å²) in [7, 11) is -4.60. The van der Waals surface area contributed by atoms with Crippen LogP contribution in [0.15, 0.2) is 12.2 Å². The summed E-state index contributed by atoms with van der Waals surface area (Å²) in [4.78, 5) is 0. The van der Waals surface area contributed by atoms with Gasteiger partial charge in [-0.3, -0.25) is 4.18 Å². The van der Waals surface area contributed by atoms with Crippen LogP contribution in [0, 0.1) is 5.92 Å². The molecule has 0 spiro atoms. The fourth-order valence-corrected chi connectivity index (χ4v) is 3.62. The molecule has 6 heteroatoms. The van der Waals surface area contributed by atoms with E-state index in [1.165, 1.54) is 77.0 Å². The molecule has 0 aliphatic carbocycles. The van der Waals surface area contributed by atoms with Crippen LogP contribution in [0.3, 0.4) is 0 Å². The average Bonchev–Trinajstić information content (AvgIpc) is 2.62. The predicted molar refractivity (Wildman–Crippen MR) is 113 cm³/mol. The summed E-state index contributed by atoms with van der Waals surface area (Å²) >= 11 is 0. The normalized spacial score (nSPS) is 13.0. The van der Waals surface area contributed by atoms with Crippen molar-refractivity contribution in [1.29, 1.82) is 0 Å². The van der Waals surface area contributed by atoms with Gasteiger partial charge >= 0.3 is 51.4 Å². The Morgan fingerprint density at radius 1 is 0.786 bits per heavy atom. The monoisotopic (exact) mass is 442 g/mol. The number of unbranched alkanes of at least 4 members (excludes halogenated alkanes) is 13. The van der Waals surface area contributed by atoms with Crippen LogP contribution in [0.5, 0.6) is 0 Å². The van der Waals surface area contributed by atoms with Crippen molar-refractivity contribution >= 4 is 10.4 Å². The van der Waals surface area contributed by atoms with E-state index in [2.05, 4.69) is 24.1 Å². The fraction of sp³-hybridized carbons (Fsp3) is 0.909. The molecular formula is C22H43KO4S. The Balaban J connectivity index is 0. The largest absolute Gasteiger partial charge is 1.00 e. The van der Waals surface area contributed by atoms with E-state index in [9.17, 15) is 13.0 Å². The van der Waals surface area contributed by atoms with Crippen LogP contribution in [-0.2, 0) is 14.6 Å². The van der Waals surface area contributed by atoms with Crippen LogP contribution >= 0.6 is 0 Å². The molecule has 0 amide bonds. The summed E-state index contributed by atoms with van der Waals surface area (Å²) in [5.41, 5.74) is 0. The molecule has 0 aliphatic heterocycles. The molecule has 0 saturated heterocycles. The van der Waals surface area contributed by atoms with Crippen LogP contribution in [0.1, 0.15) is 117 Å². The molecule has 0 heterocycles. The van der Waals surface area contributed by atoms with Crippen LogP contribution in [0.4, 0.5) is 0 Å². The predicted octanol–water partition coefficient (Wildman–Crippen LogP) is 3.92. The van der Waals surface area contributed by atoms with Gasteiger partial charge < -0.3 is 4.55 Å². The molecule has 0 radical (unpaired) electrons. The molecule has 0 aromatic rings. The average molecular weight is 443 g/mol. The molecule has 0 aromatic heterocycles. The van der Waals surface area contributed by atoms with Gasteiger partial charge in [0, 0.05) is 5.92 Å². The van der Waals surface area contributed by atoms with Gasteiger partial charge in [0.15, 0.2) is 0 Å². The molecule has 0 N–H and O–H groups in total. The second-order valence-corrected chi connectivity index (χ2v) is 8.75. The Morgan fingerprint density at radius 3 is 1.75 bits per heavy atom. The molecule has 0 rings (SSSR count). The van der Waals surface area contributed by atoms with Gasteiger partial charge in [-0.05, 0) is 19.3 Å². The Morgan fingerprint density at radius 2 is 1.25 bits per heavy atom. The van der Waals surface area contributed by atoms with Crippen molar-refractivity contribution in [1.82, 2.24) is 0 Å². The molecule has 0 fully saturated rings. The summed E-state index contributed by atoms with van der Waals surface area (Å²) in [6.07, 6.45) is 23.8. The number of allylic oxidation sites excluding steroid dienone is 1. The van der Waals surface area contributed by atoms with E-state index in [1.807, 2.05) is 6.08 Å². The van der Waals surface area contributed by atoms with E-state index >= 15 is 0 Å². The van der Waals surface area contributed by atoms with Crippen LogP contribution < -0.4 is 51.4 Å². The van der Waals surface area contributed by atoms with Crippen molar-refractivity contribution in [3.63, 3.8) is 0 Å². The van der Waals surface area contributed by atoms with E-state index < -0.39 is 10.4 Å². The molecule has 162 valence electrons. The first kappa shape index (κ1) is 31.4. The van der Waals surface area contributed by atoms with E-state index in [0.29, 0.717) is 0 Å². The molecule has 1 atom stereocenters. The van der Waals surface area contributed by atoms with Crippen molar-refractivity contribution in [3.05, 3.63) is 12.2 Å². The van der Waals surface area contributed by atoms with Crippen LogP contribution in [0.2, 0.25) is 0 Å². The maximum Gasteiger partial charge on any atom is 1.00 e. The van der Waals surface area contributed by atoms with Crippen LogP contribution in [-0.4, -0.2) is 19.6 Å². The molecule has 0 aliphatic rings. The van der Waals surface area contributed by atoms with Crippen molar-refractivity contribution < 1.29 is 68.5 Å². The standard InChI is InChI=1S/C22H44O4S.K/c1-3-5-7-9-10-11-12-13-14-16-18-20-22(21-26-27(23,24)25)19-17-15-8-6-4-2;/h17,19,22H,3-16,18,20-21H2,1-2H3,(H,23,24,25);/q;+1/p-1/b19-17+;. The molecule has 0 aromatic carbocycles. The van der Waals surface area contributed by atoms with Gasteiger partial charge in [-0.25, -0.2) is 8.42 Å². The number of hydrogen-bond donors (Lipinski definition) is 0. The van der Waals surface area contributed by atoms with Gasteiger partial charge in [0.25, 0.3) is 0 Å². The third kappa shape index (κ3) is 25.3. The minimum Gasteiger partial charge on any atom is -0.726 e. The summed E-state index contributed by atoms with van der Waals surface area (Å²) < 4.78 is 36.6. The van der Waals surface area contributed by atoms with E-state index in [1.54, 1.807) is 0 Å². The third-order valence-electron chi connectivity index (χ3n) is 4.99. The summed E-state index contributed by atoms with van der Waals surface area (Å²) in [5.74, 6) is 0.0221. The number of hydrogen-bond acceptors (Lipinski definition) is 4. The zero-order valence-corrected chi connectivity index (χ0v) is 22.7. The Bertz CT molecular complexity index is 438. The fourth-order valence-electron chi connectivity index (χ4n) is 3.28. The van der Waals surface area contributed by atoms with E-state index in [4.69, 9.17) is 0 Å². The molecular weight excluding hydrogens is 399 g/mol. The third-order valence-corrected chi connectivity index (χ3v) is 5.41. The zero-order chi connectivity index (χ0) is 20.2. The Kier molecular flexibility index (Phi) is 25.7. The van der Waals surface area contributed by atoms with Gasteiger partial charge in [-0.15, -0.1) is 0 Å². The van der Waals surface area contributed by atoms with Gasteiger partial charge in [-0.2, -0.15) is 0 Å². The maximum atomic E-state index is 10.7. The molecule has 4 nitrogen and oxygen atoms in total. The SMILES string of the molecule is CCCCC/C=C/C(CCCCCCCCCCCCC)COS(=O)(=O)[O-].[K+]. The number of rotatable bonds is 20. The second kappa shape index (κ2) is 22.9. The molecule has 0 bridgehead atoms. The first-order chi connectivity index (χ1) is 13.0. The molecule has 1 unspecified atom stereocenters. The second-order valence-electron chi connectivity index (χ2n) is 7.70. The topological polar surface area (TPSA) is 66.4 Å². The quantitative estimate of drug-likeness (QED) is 0.0942. The zero-order valence-electron chi connectivity index (χ0n) is 18.8. The van der Waals surface area contributed by atoms with Crippen LogP contribution in [0.25, 0.3) is 0 Å². The summed E-state index contributed by atoms with van der Waals surface area (Å²) in [6, 6.07) is 0. The van der Waals surface area contributed by atoms with Gasteiger partial charge in [-0.1, -0.05) is 109 Å². The van der Waals surface area contributed by atoms with Crippen molar-refractivity contribution in [2.75, 3.05) is 6.61 Å². The van der Waals surface area contributed by atoms with Gasteiger partial charge in [0.1, 0.15) is 0 Å².